The molecule has 0 aliphatic heterocycles. The molecule has 0 spiro atoms. The topological polar surface area (TPSA) is 46.2 Å². The molecular weight excluding hydrogens is 325 g/mol. The second-order valence-electron chi connectivity index (χ2n) is 5.14. The van der Waals surface area contributed by atoms with Gasteiger partial charge in [0.1, 0.15) is 5.82 Å². The van der Waals surface area contributed by atoms with E-state index >= 15 is 0 Å². The number of sulfonamides is 1. The van der Waals surface area contributed by atoms with E-state index in [-0.39, 0.29) is 17.3 Å². The maximum absolute atomic E-state index is 12.8. The van der Waals surface area contributed by atoms with Crippen molar-refractivity contribution >= 4 is 20.8 Å². The smallest absolute Gasteiger partial charge is 0.207 e. The lowest BCUT2D eigenvalue weighted by Crippen LogP contribution is -2.23. The minimum atomic E-state index is -3.63. The Balaban J connectivity index is 1.72. The molecule has 5 heteroatoms. The SMILES string of the molecule is O=S(=O)(NCC#Cc1ccc(F)cc1)c1ccc2ccccc2c1. The first kappa shape index (κ1) is 16.2. The molecule has 0 bridgehead atoms. The lowest BCUT2D eigenvalue weighted by molar-refractivity contribution is 0.586. The van der Waals surface area contributed by atoms with Gasteiger partial charge in [-0.15, -0.1) is 0 Å². The summed E-state index contributed by atoms with van der Waals surface area (Å²) in [7, 11) is -3.63. The number of benzene rings is 3. The van der Waals surface area contributed by atoms with Crippen molar-refractivity contribution in [2.45, 2.75) is 4.90 Å². The molecule has 120 valence electrons. The number of rotatable bonds is 3. The molecule has 0 radical (unpaired) electrons. The van der Waals surface area contributed by atoms with Crippen LogP contribution in [-0.2, 0) is 10.0 Å². The highest BCUT2D eigenvalue weighted by atomic mass is 32.2. The highest BCUT2D eigenvalue weighted by molar-refractivity contribution is 7.89. The maximum atomic E-state index is 12.8. The van der Waals surface area contributed by atoms with Crippen LogP contribution in [0.4, 0.5) is 4.39 Å². The quantitative estimate of drug-likeness (QED) is 0.744. The minimum Gasteiger partial charge on any atom is -0.207 e. The van der Waals surface area contributed by atoms with Crippen LogP contribution >= 0.6 is 0 Å². The maximum Gasteiger partial charge on any atom is 0.241 e. The average molecular weight is 339 g/mol. The molecule has 3 rings (SSSR count). The summed E-state index contributed by atoms with van der Waals surface area (Å²) in [4.78, 5) is 0.199. The molecule has 0 heterocycles. The van der Waals surface area contributed by atoms with Crippen LogP contribution in [0.15, 0.2) is 71.6 Å². The van der Waals surface area contributed by atoms with Gasteiger partial charge >= 0.3 is 0 Å². The van der Waals surface area contributed by atoms with Gasteiger partial charge in [0.15, 0.2) is 0 Å². The molecule has 3 aromatic rings. The van der Waals surface area contributed by atoms with Crippen molar-refractivity contribution in [3.63, 3.8) is 0 Å². The van der Waals surface area contributed by atoms with Gasteiger partial charge in [0.25, 0.3) is 0 Å². The van der Waals surface area contributed by atoms with Gasteiger partial charge in [-0.1, -0.05) is 42.2 Å². The highest BCUT2D eigenvalue weighted by Crippen LogP contribution is 2.18. The van der Waals surface area contributed by atoms with Crippen molar-refractivity contribution in [3.8, 4) is 11.8 Å². The Kier molecular flexibility index (Phi) is 4.61. The van der Waals surface area contributed by atoms with E-state index in [1.807, 2.05) is 24.3 Å². The Bertz CT molecular complexity index is 1030. The van der Waals surface area contributed by atoms with Crippen LogP contribution in [0.1, 0.15) is 5.56 Å². The van der Waals surface area contributed by atoms with Gasteiger partial charge in [0.2, 0.25) is 10.0 Å². The summed E-state index contributed by atoms with van der Waals surface area (Å²) in [5.41, 5.74) is 0.626. The van der Waals surface area contributed by atoms with Crippen molar-refractivity contribution in [2.24, 2.45) is 0 Å². The van der Waals surface area contributed by atoms with E-state index in [4.69, 9.17) is 0 Å². The van der Waals surface area contributed by atoms with E-state index in [1.54, 1.807) is 30.3 Å². The van der Waals surface area contributed by atoms with Gasteiger partial charge in [-0.05, 0) is 47.2 Å². The highest BCUT2D eigenvalue weighted by Gasteiger charge is 2.12. The van der Waals surface area contributed by atoms with E-state index in [1.165, 1.54) is 12.1 Å². The lowest BCUT2D eigenvalue weighted by Gasteiger charge is -2.05. The van der Waals surface area contributed by atoms with Crippen LogP contribution in [0.5, 0.6) is 0 Å². The van der Waals surface area contributed by atoms with Gasteiger partial charge in [0, 0.05) is 5.56 Å². The first-order chi connectivity index (χ1) is 11.5. The summed E-state index contributed by atoms with van der Waals surface area (Å²) in [5.74, 6) is 5.17. The monoisotopic (exact) mass is 339 g/mol. The molecule has 0 amide bonds. The zero-order valence-corrected chi connectivity index (χ0v) is 13.5. The molecule has 3 nitrogen and oxygen atoms in total. The number of hydrogen-bond acceptors (Lipinski definition) is 2. The standard InChI is InChI=1S/C19H14FNO2S/c20-18-10-7-15(8-11-18)4-3-13-21-24(22,23)19-12-9-16-5-1-2-6-17(16)14-19/h1-2,5-12,14,21H,13H2. The van der Waals surface area contributed by atoms with Gasteiger partial charge in [-0.3, -0.25) is 0 Å². The van der Waals surface area contributed by atoms with E-state index in [0.717, 1.165) is 10.8 Å². The predicted octanol–water partition coefficient (Wildman–Crippen LogP) is 3.31. The van der Waals surface area contributed by atoms with E-state index in [2.05, 4.69) is 16.6 Å². The molecule has 0 atom stereocenters. The molecule has 0 aliphatic rings. The number of hydrogen-bond donors (Lipinski definition) is 1. The fourth-order valence-electron chi connectivity index (χ4n) is 2.23. The summed E-state index contributed by atoms with van der Waals surface area (Å²) >= 11 is 0. The zero-order valence-electron chi connectivity index (χ0n) is 12.7. The van der Waals surface area contributed by atoms with Gasteiger partial charge in [0.05, 0.1) is 11.4 Å². The van der Waals surface area contributed by atoms with Crippen LogP contribution < -0.4 is 4.72 Å². The molecule has 1 N–H and O–H groups in total. The molecule has 0 fully saturated rings. The Morgan fingerprint density at radius 3 is 2.38 bits per heavy atom. The summed E-state index contributed by atoms with van der Waals surface area (Å²) in [6.45, 7) is -0.0213. The Morgan fingerprint density at radius 1 is 0.917 bits per heavy atom. The third-order valence-corrected chi connectivity index (χ3v) is 4.86. The summed E-state index contributed by atoms with van der Waals surface area (Å²) in [6.07, 6.45) is 0. The van der Waals surface area contributed by atoms with Crippen molar-refractivity contribution < 1.29 is 12.8 Å². The summed E-state index contributed by atoms with van der Waals surface area (Å²) < 4.78 is 39.8. The zero-order chi connectivity index (χ0) is 17.0. The fourth-order valence-corrected chi connectivity index (χ4v) is 3.19. The fraction of sp³-hybridized carbons (Fsp3) is 0.0526. The lowest BCUT2D eigenvalue weighted by atomic mass is 10.1. The third-order valence-electron chi connectivity index (χ3n) is 3.46. The Hall–Kier alpha value is -2.68. The average Bonchev–Trinajstić information content (AvgIpc) is 2.60. The molecule has 3 aromatic carbocycles. The molecule has 0 aliphatic carbocycles. The van der Waals surface area contributed by atoms with E-state index in [9.17, 15) is 12.8 Å². The largest absolute Gasteiger partial charge is 0.241 e. The molecular formula is C19H14FNO2S. The van der Waals surface area contributed by atoms with Crippen molar-refractivity contribution in [2.75, 3.05) is 6.54 Å². The third kappa shape index (κ3) is 3.80. The van der Waals surface area contributed by atoms with Crippen LogP contribution in [-0.4, -0.2) is 15.0 Å². The normalized spacial score (nSPS) is 11.0. The minimum absolute atomic E-state index is 0.0213. The van der Waals surface area contributed by atoms with Crippen molar-refractivity contribution in [1.82, 2.24) is 4.72 Å². The summed E-state index contributed by atoms with van der Waals surface area (Å²) in [6, 6.07) is 18.2. The first-order valence-corrected chi connectivity index (χ1v) is 8.76. The second-order valence-corrected chi connectivity index (χ2v) is 6.91. The molecule has 0 aromatic heterocycles. The summed E-state index contributed by atoms with van der Waals surface area (Å²) in [5, 5.41) is 1.84. The molecule has 24 heavy (non-hydrogen) atoms. The molecule has 0 saturated carbocycles. The molecule has 0 saturated heterocycles. The van der Waals surface area contributed by atoms with Gasteiger partial charge in [-0.2, -0.15) is 4.72 Å². The number of fused-ring (bicyclic) bond motifs is 1. The number of nitrogens with one attached hydrogen (secondary N) is 1. The van der Waals surface area contributed by atoms with Crippen LogP contribution in [0.2, 0.25) is 0 Å². The van der Waals surface area contributed by atoms with Crippen LogP contribution in [0.3, 0.4) is 0 Å². The van der Waals surface area contributed by atoms with Crippen molar-refractivity contribution in [3.05, 3.63) is 78.1 Å². The van der Waals surface area contributed by atoms with E-state index < -0.39 is 10.0 Å². The van der Waals surface area contributed by atoms with Gasteiger partial charge in [-0.25, -0.2) is 12.8 Å². The Labute approximate surface area is 140 Å². The molecule has 0 unspecified atom stereocenters. The second kappa shape index (κ2) is 6.83. The predicted molar refractivity (Wildman–Crippen MR) is 92.4 cm³/mol. The van der Waals surface area contributed by atoms with Gasteiger partial charge < -0.3 is 0 Å². The van der Waals surface area contributed by atoms with Crippen molar-refractivity contribution in [1.29, 1.82) is 0 Å². The van der Waals surface area contributed by atoms with Crippen LogP contribution in [0, 0.1) is 17.7 Å². The Morgan fingerprint density at radius 2 is 1.62 bits per heavy atom. The number of halogens is 1. The van der Waals surface area contributed by atoms with E-state index in [0.29, 0.717) is 5.56 Å². The first-order valence-electron chi connectivity index (χ1n) is 7.27. The van der Waals surface area contributed by atoms with Crippen LogP contribution in [0.25, 0.3) is 10.8 Å².